The maximum atomic E-state index is 6.47. The van der Waals surface area contributed by atoms with E-state index in [9.17, 15) is 0 Å². The average Bonchev–Trinajstić information content (AvgIpc) is 2.75. The number of hydrogen-bond donors (Lipinski definition) is 2. The molecule has 0 unspecified atom stereocenters. The molecule has 7 heteroatoms. The fourth-order valence-electron chi connectivity index (χ4n) is 3.71. The normalized spacial score (nSPS) is 15.1. The zero-order chi connectivity index (χ0) is 18.9. The summed E-state index contributed by atoms with van der Waals surface area (Å²) < 4.78 is 11.2. The van der Waals surface area contributed by atoms with Gasteiger partial charge in [-0.2, -0.15) is 0 Å². The summed E-state index contributed by atoms with van der Waals surface area (Å²) in [6, 6.07) is 14.1. The fraction of sp³-hybridized carbons (Fsp3) is 0.238. The van der Waals surface area contributed by atoms with Crippen molar-refractivity contribution in [1.82, 2.24) is 9.97 Å². The quantitative estimate of drug-likeness (QED) is 0.722. The Labute approximate surface area is 163 Å². The molecule has 0 amide bonds. The van der Waals surface area contributed by atoms with Gasteiger partial charge in [-0.1, -0.05) is 18.2 Å². The number of ether oxygens (including phenoxy) is 2. The monoisotopic (exact) mass is 375 g/mol. The average molecular weight is 375 g/mol. The number of para-hydroxylation sites is 1. The molecule has 2 aliphatic rings. The maximum Gasteiger partial charge on any atom is 0.163 e. The second kappa shape index (κ2) is 6.92. The number of nitrogens with two attached hydrogens (primary N) is 1. The molecular weight excluding hydrogens is 354 g/mol. The number of anilines is 5. The van der Waals surface area contributed by atoms with Gasteiger partial charge in [-0.05, 0) is 36.6 Å². The van der Waals surface area contributed by atoms with Gasteiger partial charge in [0.05, 0.1) is 0 Å². The van der Waals surface area contributed by atoms with Crippen molar-refractivity contribution >= 4 is 28.7 Å². The number of fused-ring (bicyclic) bond motifs is 2. The lowest BCUT2D eigenvalue weighted by molar-refractivity contribution is 0.171. The van der Waals surface area contributed by atoms with Crippen LogP contribution >= 0.6 is 0 Å². The highest BCUT2D eigenvalue weighted by atomic mass is 16.6. The Hall–Kier alpha value is -3.48. The molecule has 1 aromatic heterocycles. The van der Waals surface area contributed by atoms with E-state index >= 15 is 0 Å². The minimum Gasteiger partial charge on any atom is -0.486 e. The molecule has 0 bridgehead atoms. The molecule has 2 aliphatic heterocycles. The lowest BCUT2D eigenvalue weighted by Gasteiger charge is -2.31. The number of hydrogen-bond acceptors (Lipinski definition) is 7. The van der Waals surface area contributed by atoms with E-state index in [1.807, 2.05) is 24.3 Å². The molecule has 5 rings (SSSR count). The Morgan fingerprint density at radius 3 is 2.79 bits per heavy atom. The van der Waals surface area contributed by atoms with E-state index in [-0.39, 0.29) is 0 Å². The van der Waals surface area contributed by atoms with Crippen molar-refractivity contribution in [3.63, 3.8) is 0 Å². The Morgan fingerprint density at radius 1 is 1.00 bits per heavy atom. The summed E-state index contributed by atoms with van der Waals surface area (Å²) in [5, 5.41) is 3.29. The van der Waals surface area contributed by atoms with Gasteiger partial charge in [0.1, 0.15) is 25.2 Å². The summed E-state index contributed by atoms with van der Waals surface area (Å²) in [5.41, 5.74) is 10.3. The zero-order valence-electron chi connectivity index (χ0n) is 15.4. The summed E-state index contributed by atoms with van der Waals surface area (Å²) in [6.45, 7) is 1.99. The Balaban J connectivity index is 1.47. The molecule has 3 aromatic rings. The van der Waals surface area contributed by atoms with Gasteiger partial charge >= 0.3 is 0 Å². The Bertz CT molecular complexity index is 1020. The first-order chi connectivity index (χ1) is 13.8. The van der Waals surface area contributed by atoms with Crippen molar-refractivity contribution < 1.29 is 9.47 Å². The topological polar surface area (TPSA) is 85.5 Å². The van der Waals surface area contributed by atoms with E-state index in [1.165, 1.54) is 5.56 Å². The van der Waals surface area contributed by atoms with Crippen LogP contribution in [0.15, 0.2) is 48.8 Å². The van der Waals surface area contributed by atoms with Gasteiger partial charge < -0.3 is 25.4 Å². The van der Waals surface area contributed by atoms with Crippen LogP contribution < -0.4 is 25.4 Å². The second-order valence-electron chi connectivity index (χ2n) is 6.83. The third-order valence-electron chi connectivity index (χ3n) is 5.03. The number of nitrogens with one attached hydrogen (secondary N) is 1. The molecule has 0 fully saturated rings. The van der Waals surface area contributed by atoms with Gasteiger partial charge in [-0.15, -0.1) is 0 Å². The largest absolute Gasteiger partial charge is 0.486 e. The van der Waals surface area contributed by atoms with Crippen LogP contribution in [-0.4, -0.2) is 29.7 Å². The summed E-state index contributed by atoms with van der Waals surface area (Å²) >= 11 is 0. The predicted molar refractivity (Wildman–Crippen MR) is 109 cm³/mol. The predicted octanol–water partition coefficient (Wildman–Crippen LogP) is 3.66. The Morgan fingerprint density at radius 2 is 1.86 bits per heavy atom. The molecule has 0 radical (unpaired) electrons. The molecule has 0 saturated heterocycles. The molecule has 2 aromatic carbocycles. The second-order valence-corrected chi connectivity index (χ2v) is 6.83. The summed E-state index contributed by atoms with van der Waals surface area (Å²) in [4.78, 5) is 11.0. The molecule has 0 atom stereocenters. The SMILES string of the molecule is Nc1c(Nc2ccc3c(c2)OCCO3)ncnc1N1CCCc2ccccc21. The van der Waals surface area contributed by atoms with E-state index in [4.69, 9.17) is 15.2 Å². The lowest BCUT2D eigenvalue weighted by atomic mass is 10.0. The fourth-order valence-corrected chi connectivity index (χ4v) is 3.71. The molecule has 3 N–H and O–H groups in total. The van der Waals surface area contributed by atoms with E-state index < -0.39 is 0 Å². The molecule has 7 nitrogen and oxygen atoms in total. The van der Waals surface area contributed by atoms with Gasteiger partial charge in [0.25, 0.3) is 0 Å². The van der Waals surface area contributed by atoms with Crippen molar-refractivity contribution in [3.05, 3.63) is 54.4 Å². The van der Waals surface area contributed by atoms with Crippen LogP contribution in [0.4, 0.5) is 28.7 Å². The van der Waals surface area contributed by atoms with Crippen LogP contribution in [-0.2, 0) is 6.42 Å². The van der Waals surface area contributed by atoms with E-state index in [2.05, 4.69) is 38.4 Å². The van der Waals surface area contributed by atoms with Crippen LogP contribution in [0.25, 0.3) is 0 Å². The van der Waals surface area contributed by atoms with E-state index in [0.717, 1.165) is 42.3 Å². The summed E-state index contributed by atoms with van der Waals surface area (Å²) in [7, 11) is 0. The van der Waals surface area contributed by atoms with Gasteiger partial charge in [0.15, 0.2) is 23.1 Å². The van der Waals surface area contributed by atoms with Crippen molar-refractivity contribution in [1.29, 1.82) is 0 Å². The van der Waals surface area contributed by atoms with Gasteiger partial charge in [0, 0.05) is 24.0 Å². The number of nitrogens with zero attached hydrogens (tertiary/aromatic N) is 3. The van der Waals surface area contributed by atoms with E-state index in [0.29, 0.717) is 30.5 Å². The molecule has 0 saturated carbocycles. The number of nitrogen functional groups attached to an aromatic ring is 1. The van der Waals surface area contributed by atoms with Crippen LogP contribution in [0.3, 0.4) is 0 Å². The molecule has 28 heavy (non-hydrogen) atoms. The maximum absolute atomic E-state index is 6.47. The standard InChI is InChI=1S/C21H21N5O2/c22-19-20(25-15-7-8-17-18(12-15)28-11-10-27-17)23-13-24-21(19)26-9-3-5-14-4-1-2-6-16(14)26/h1-2,4,6-8,12-13H,3,5,9-11,22H2,(H,23,24,25). The first-order valence-corrected chi connectivity index (χ1v) is 9.42. The van der Waals surface area contributed by atoms with Crippen molar-refractivity contribution in [2.45, 2.75) is 12.8 Å². The summed E-state index contributed by atoms with van der Waals surface area (Å²) in [6.07, 6.45) is 3.68. The third kappa shape index (κ3) is 2.94. The third-order valence-corrected chi connectivity index (χ3v) is 5.03. The number of benzene rings is 2. The van der Waals surface area contributed by atoms with Gasteiger partial charge in [-0.3, -0.25) is 0 Å². The van der Waals surface area contributed by atoms with Gasteiger partial charge in [-0.25, -0.2) is 9.97 Å². The van der Waals surface area contributed by atoms with E-state index in [1.54, 1.807) is 6.33 Å². The first-order valence-electron chi connectivity index (χ1n) is 9.42. The Kier molecular flexibility index (Phi) is 4.12. The molecule has 0 aliphatic carbocycles. The summed E-state index contributed by atoms with van der Waals surface area (Å²) in [5.74, 6) is 2.76. The van der Waals surface area contributed by atoms with Crippen LogP contribution in [0, 0.1) is 0 Å². The zero-order valence-corrected chi connectivity index (χ0v) is 15.4. The van der Waals surface area contributed by atoms with Crippen molar-refractivity contribution in [2.75, 3.05) is 35.7 Å². The number of aryl methyl sites for hydroxylation is 1. The van der Waals surface area contributed by atoms with Crippen molar-refractivity contribution in [2.24, 2.45) is 0 Å². The minimum absolute atomic E-state index is 0.522. The number of rotatable bonds is 3. The smallest absolute Gasteiger partial charge is 0.163 e. The molecule has 0 spiro atoms. The number of aromatic nitrogens is 2. The highest BCUT2D eigenvalue weighted by Crippen LogP contribution is 2.38. The highest BCUT2D eigenvalue weighted by Gasteiger charge is 2.22. The van der Waals surface area contributed by atoms with Crippen LogP contribution in [0.1, 0.15) is 12.0 Å². The van der Waals surface area contributed by atoms with Crippen LogP contribution in [0.5, 0.6) is 11.5 Å². The van der Waals surface area contributed by atoms with Crippen molar-refractivity contribution in [3.8, 4) is 11.5 Å². The lowest BCUT2D eigenvalue weighted by Crippen LogP contribution is -2.26. The highest BCUT2D eigenvalue weighted by molar-refractivity contribution is 5.82. The van der Waals surface area contributed by atoms with Gasteiger partial charge in [0.2, 0.25) is 0 Å². The molecule has 142 valence electrons. The molecular formula is C21H21N5O2. The molecule has 3 heterocycles. The van der Waals surface area contributed by atoms with Crippen LogP contribution in [0.2, 0.25) is 0 Å². The minimum atomic E-state index is 0.522. The first kappa shape index (κ1) is 16.7.